The summed E-state index contributed by atoms with van der Waals surface area (Å²) in [4.78, 5) is 0. The largest absolute Gasteiger partial charge is 0.497 e. The summed E-state index contributed by atoms with van der Waals surface area (Å²) in [6.45, 7) is 1.50. The Morgan fingerprint density at radius 3 is 1.69 bits per heavy atom. The molecule has 3 rings (SSSR count). The third kappa shape index (κ3) is 7.47. The smallest absolute Gasteiger partial charge is 0.118 e. The van der Waals surface area contributed by atoms with Gasteiger partial charge in [-0.25, -0.2) is 0 Å². The molecule has 0 aromatic heterocycles. The molecule has 32 heavy (non-hydrogen) atoms. The van der Waals surface area contributed by atoms with Crippen LogP contribution in [0.3, 0.4) is 0 Å². The highest BCUT2D eigenvalue weighted by Crippen LogP contribution is 2.20. The summed E-state index contributed by atoms with van der Waals surface area (Å²) in [6, 6.07) is 25.3. The van der Waals surface area contributed by atoms with Crippen molar-refractivity contribution in [1.82, 2.24) is 0 Å². The van der Waals surface area contributed by atoms with Crippen LogP contribution in [-0.4, -0.2) is 34.5 Å². The van der Waals surface area contributed by atoms with Crippen LogP contribution in [0.25, 0.3) is 0 Å². The molecule has 0 aliphatic heterocycles. The van der Waals surface area contributed by atoms with Crippen LogP contribution in [0.5, 0.6) is 11.5 Å². The quantitative estimate of drug-likeness (QED) is 0.294. The molecule has 3 aromatic carbocycles. The van der Waals surface area contributed by atoms with Gasteiger partial charge >= 0.3 is 0 Å². The molecule has 0 saturated carbocycles. The minimum absolute atomic E-state index is 0.696. The summed E-state index contributed by atoms with van der Waals surface area (Å²) in [6.07, 6.45) is 5.08. The maximum Gasteiger partial charge on any atom is 0.118 e. The lowest BCUT2D eigenvalue weighted by atomic mass is 9.96. The molecule has 0 aliphatic carbocycles. The topological polar surface area (TPSA) is 39.7 Å². The molecule has 0 radical (unpaired) electrons. The van der Waals surface area contributed by atoms with Crippen molar-refractivity contribution in [2.75, 3.05) is 39.8 Å². The van der Waals surface area contributed by atoms with Crippen LogP contribution in [-0.2, 0) is 24.0 Å². The highest BCUT2D eigenvalue weighted by atomic mass is 16.5. The Kier molecular flexibility index (Phi) is 9.20. The average Bonchev–Trinajstić information content (AvgIpc) is 2.84. The second-order valence-electron chi connectivity index (χ2n) is 7.73. The molecule has 0 aliphatic rings. The maximum absolute atomic E-state index is 5.30. The Bertz CT molecular complexity index is 961. The van der Waals surface area contributed by atoms with E-state index in [-0.39, 0.29) is 0 Å². The number of hydrogen-bond donors (Lipinski definition) is 1. The van der Waals surface area contributed by atoms with Crippen LogP contribution in [0.15, 0.2) is 84.4 Å². The van der Waals surface area contributed by atoms with E-state index in [0.717, 1.165) is 43.0 Å². The maximum atomic E-state index is 5.30. The molecule has 3 aromatic rings. The van der Waals surface area contributed by atoms with E-state index < -0.39 is 0 Å². The summed E-state index contributed by atoms with van der Waals surface area (Å²) in [5.41, 5.74) is 6.37. The van der Waals surface area contributed by atoms with Crippen molar-refractivity contribution < 1.29 is 14.2 Å². The summed E-state index contributed by atoms with van der Waals surface area (Å²) in [5, 5.41) is 3.37. The fraction of sp³-hybridized carbons (Fsp3) is 0.286. The molecule has 0 unspecified atom stereocenters. The van der Waals surface area contributed by atoms with E-state index in [1.807, 2.05) is 24.3 Å². The predicted molar refractivity (Wildman–Crippen MR) is 132 cm³/mol. The van der Waals surface area contributed by atoms with Crippen molar-refractivity contribution >= 4 is 5.69 Å². The van der Waals surface area contributed by atoms with Crippen molar-refractivity contribution in [3.8, 4) is 11.5 Å². The fourth-order valence-electron chi connectivity index (χ4n) is 3.54. The number of methoxy groups -OCH3 is 3. The van der Waals surface area contributed by atoms with Crippen LogP contribution in [0.4, 0.5) is 5.69 Å². The number of rotatable bonds is 12. The number of hydrogen-bond acceptors (Lipinski definition) is 4. The summed E-state index contributed by atoms with van der Waals surface area (Å²) >= 11 is 0. The normalized spacial score (nSPS) is 11.3. The van der Waals surface area contributed by atoms with Crippen LogP contribution < -0.4 is 14.8 Å². The Balaban J connectivity index is 1.72. The zero-order valence-electron chi connectivity index (χ0n) is 19.3. The van der Waals surface area contributed by atoms with Crippen molar-refractivity contribution in [2.24, 2.45) is 0 Å². The van der Waals surface area contributed by atoms with Crippen molar-refractivity contribution in [2.45, 2.75) is 19.3 Å². The van der Waals surface area contributed by atoms with Crippen LogP contribution in [0.1, 0.15) is 16.7 Å². The van der Waals surface area contributed by atoms with E-state index in [4.69, 9.17) is 14.2 Å². The van der Waals surface area contributed by atoms with Crippen molar-refractivity contribution in [3.63, 3.8) is 0 Å². The molecule has 0 heterocycles. The number of anilines is 1. The van der Waals surface area contributed by atoms with Crippen molar-refractivity contribution in [1.29, 1.82) is 0 Å². The van der Waals surface area contributed by atoms with E-state index in [1.54, 1.807) is 21.3 Å². The molecule has 0 fully saturated rings. The first-order valence-electron chi connectivity index (χ1n) is 11.0. The molecule has 4 heteroatoms. The highest BCUT2D eigenvalue weighted by molar-refractivity contribution is 5.45. The molecule has 0 amide bonds. The van der Waals surface area contributed by atoms with Gasteiger partial charge in [-0.15, -0.1) is 0 Å². The van der Waals surface area contributed by atoms with E-state index in [0.29, 0.717) is 6.61 Å². The minimum Gasteiger partial charge on any atom is -0.497 e. The molecular weight excluding hydrogens is 398 g/mol. The molecule has 0 bridgehead atoms. The first-order valence-corrected chi connectivity index (χ1v) is 11.0. The summed E-state index contributed by atoms with van der Waals surface area (Å²) in [5.74, 6) is 1.77. The van der Waals surface area contributed by atoms with Gasteiger partial charge in [-0.2, -0.15) is 0 Å². The Labute approximate surface area is 191 Å². The molecule has 168 valence electrons. The molecule has 4 nitrogen and oxygen atoms in total. The highest BCUT2D eigenvalue weighted by Gasteiger charge is 2.05. The average molecular weight is 432 g/mol. The molecular formula is C28H33NO3. The van der Waals surface area contributed by atoms with Crippen LogP contribution in [0.2, 0.25) is 0 Å². The zero-order valence-corrected chi connectivity index (χ0v) is 19.3. The second-order valence-corrected chi connectivity index (χ2v) is 7.73. The van der Waals surface area contributed by atoms with Crippen LogP contribution >= 0.6 is 0 Å². The molecule has 0 saturated heterocycles. The van der Waals surface area contributed by atoms with E-state index in [1.165, 1.54) is 22.3 Å². The SMILES string of the molecule is COCCNc1ccc(CC(=CCc2ccc(OC)cc2)Cc2ccc(OC)cc2)cc1. The Morgan fingerprint density at radius 1 is 0.688 bits per heavy atom. The predicted octanol–water partition coefficient (Wildman–Crippen LogP) is 5.72. The number of ether oxygens (including phenoxy) is 3. The molecule has 1 N–H and O–H groups in total. The number of allylic oxidation sites excluding steroid dienone is 2. The van der Waals surface area contributed by atoms with Gasteiger partial charge in [-0.3, -0.25) is 0 Å². The van der Waals surface area contributed by atoms with E-state index in [9.17, 15) is 0 Å². The minimum atomic E-state index is 0.696. The summed E-state index contributed by atoms with van der Waals surface area (Å²) < 4.78 is 15.7. The van der Waals surface area contributed by atoms with Crippen LogP contribution in [0, 0.1) is 0 Å². The van der Waals surface area contributed by atoms with Gasteiger partial charge in [0.15, 0.2) is 0 Å². The van der Waals surface area contributed by atoms with E-state index >= 15 is 0 Å². The summed E-state index contributed by atoms with van der Waals surface area (Å²) in [7, 11) is 5.11. The molecule has 0 atom stereocenters. The van der Waals surface area contributed by atoms with Crippen molar-refractivity contribution in [3.05, 3.63) is 101 Å². The Morgan fingerprint density at radius 2 is 1.19 bits per heavy atom. The lowest BCUT2D eigenvalue weighted by molar-refractivity contribution is 0.211. The lowest BCUT2D eigenvalue weighted by Gasteiger charge is -2.11. The monoisotopic (exact) mass is 431 g/mol. The molecule has 0 spiro atoms. The second kappa shape index (κ2) is 12.6. The van der Waals surface area contributed by atoms with Gasteiger partial charge in [0.05, 0.1) is 20.8 Å². The van der Waals surface area contributed by atoms with Gasteiger partial charge in [0.1, 0.15) is 11.5 Å². The standard InChI is InChI=1S/C28H33NO3/c1-30-19-18-29-26-12-6-23(7-13-26)20-25(21-24-10-16-28(32-3)17-11-24)5-4-22-8-14-27(31-2)15-9-22/h5-17,29H,4,18-21H2,1-3H3. The first kappa shape index (κ1) is 23.4. The number of nitrogens with one attached hydrogen (secondary N) is 1. The van der Waals surface area contributed by atoms with Gasteiger partial charge in [-0.1, -0.05) is 48.0 Å². The third-order valence-electron chi connectivity index (χ3n) is 5.40. The van der Waals surface area contributed by atoms with Gasteiger partial charge < -0.3 is 19.5 Å². The first-order chi connectivity index (χ1) is 15.7. The third-order valence-corrected chi connectivity index (χ3v) is 5.40. The van der Waals surface area contributed by atoms with E-state index in [2.05, 4.69) is 59.9 Å². The van der Waals surface area contributed by atoms with Gasteiger partial charge in [0, 0.05) is 19.3 Å². The Hall–Kier alpha value is -3.24. The fourth-order valence-corrected chi connectivity index (χ4v) is 3.54. The zero-order chi connectivity index (χ0) is 22.6. The van der Waals surface area contributed by atoms with Gasteiger partial charge in [0.25, 0.3) is 0 Å². The van der Waals surface area contributed by atoms with Gasteiger partial charge in [0.2, 0.25) is 0 Å². The lowest BCUT2D eigenvalue weighted by Crippen LogP contribution is -2.07. The van der Waals surface area contributed by atoms with Gasteiger partial charge in [-0.05, 0) is 72.4 Å². The number of benzene rings is 3.